The Bertz CT molecular complexity index is 1270. The molecule has 36 heavy (non-hydrogen) atoms. The molecular weight excluding hydrogens is 452 g/mol. The van der Waals surface area contributed by atoms with Crippen LogP contribution in [-0.4, -0.2) is 19.1 Å². The molecule has 0 unspecified atom stereocenters. The fraction of sp³-hybridized carbons (Fsp3) is 0.167. The Hall–Kier alpha value is -4.45. The monoisotopic (exact) mass is 482 g/mol. The van der Waals surface area contributed by atoms with Gasteiger partial charge in [0.25, 0.3) is 5.91 Å². The van der Waals surface area contributed by atoms with Crippen LogP contribution < -0.4 is 24.8 Å². The van der Waals surface area contributed by atoms with Gasteiger partial charge in [0, 0.05) is 17.9 Å². The standard InChI is InChI=1S/C30H30N2O4/c1-3-34-29-19-23(13-18-28(29)35-21-30(33)32-27-12-8-7-9-22(27)2)20-31-24-14-16-26(17-15-24)36-25-10-5-4-6-11-25/h4-19,31H,3,20-21H2,1-2H3,(H,32,33). The fourth-order valence-electron chi connectivity index (χ4n) is 3.56. The minimum absolute atomic E-state index is 0.108. The highest BCUT2D eigenvalue weighted by molar-refractivity contribution is 5.92. The number of carbonyl (C=O) groups is 1. The van der Waals surface area contributed by atoms with Crippen molar-refractivity contribution in [3.63, 3.8) is 0 Å². The Morgan fingerprint density at radius 3 is 2.25 bits per heavy atom. The van der Waals surface area contributed by atoms with Crippen LogP contribution in [0.15, 0.2) is 97.1 Å². The van der Waals surface area contributed by atoms with Gasteiger partial charge in [0.05, 0.1) is 6.61 Å². The van der Waals surface area contributed by atoms with E-state index in [1.165, 1.54) is 0 Å². The van der Waals surface area contributed by atoms with E-state index in [-0.39, 0.29) is 12.5 Å². The average molecular weight is 483 g/mol. The summed E-state index contributed by atoms with van der Waals surface area (Å²) in [6.07, 6.45) is 0. The second kappa shape index (κ2) is 12.3. The maximum Gasteiger partial charge on any atom is 0.262 e. The SMILES string of the molecule is CCOc1cc(CNc2ccc(Oc3ccccc3)cc2)ccc1OCC(=O)Nc1ccccc1C. The van der Waals surface area contributed by atoms with Gasteiger partial charge >= 0.3 is 0 Å². The number of rotatable bonds is 11. The molecule has 0 aliphatic rings. The highest BCUT2D eigenvalue weighted by Gasteiger charge is 2.11. The Balaban J connectivity index is 1.32. The van der Waals surface area contributed by atoms with E-state index in [1.807, 2.05) is 111 Å². The van der Waals surface area contributed by atoms with Gasteiger partial charge in [-0.3, -0.25) is 4.79 Å². The molecule has 1 amide bonds. The molecule has 6 heteroatoms. The van der Waals surface area contributed by atoms with Gasteiger partial charge in [0.2, 0.25) is 0 Å². The summed E-state index contributed by atoms with van der Waals surface area (Å²) in [5.74, 6) is 2.49. The molecular formula is C30H30N2O4. The molecule has 0 saturated carbocycles. The molecule has 0 aliphatic carbocycles. The lowest BCUT2D eigenvalue weighted by Crippen LogP contribution is -2.20. The van der Waals surface area contributed by atoms with E-state index in [0.29, 0.717) is 24.7 Å². The topological polar surface area (TPSA) is 68.8 Å². The summed E-state index contributed by atoms with van der Waals surface area (Å²) in [5.41, 5.74) is 3.77. The Kier molecular flexibility index (Phi) is 8.44. The summed E-state index contributed by atoms with van der Waals surface area (Å²) in [6.45, 7) is 4.85. The van der Waals surface area contributed by atoms with Gasteiger partial charge in [-0.1, -0.05) is 42.5 Å². The quantitative estimate of drug-likeness (QED) is 0.246. The van der Waals surface area contributed by atoms with Crippen molar-refractivity contribution in [2.24, 2.45) is 0 Å². The number of amides is 1. The molecule has 0 fully saturated rings. The highest BCUT2D eigenvalue weighted by Crippen LogP contribution is 2.29. The van der Waals surface area contributed by atoms with Crippen LogP contribution in [0, 0.1) is 6.92 Å². The zero-order valence-electron chi connectivity index (χ0n) is 20.5. The third kappa shape index (κ3) is 7.03. The van der Waals surface area contributed by atoms with Crippen molar-refractivity contribution in [3.05, 3.63) is 108 Å². The first-order valence-electron chi connectivity index (χ1n) is 11.9. The summed E-state index contributed by atoms with van der Waals surface area (Å²) in [6, 6.07) is 30.9. The number of carbonyl (C=O) groups excluding carboxylic acids is 1. The number of hydrogen-bond donors (Lipinski definition) is 2. The van der Waals surface area contributed by atoms with Crippen molar-refractivity contribution < 1.29 is 19.0 Å². The summed E-state index contributed by atoms with van der Waals surface area (Å²) in [4.78, 5) is 12.4. The molecule has 0 heterocycles. The predicted octanol–water partition coefficient (Wildman–Crippen LogP) is 6.82. The molecule has 2 N–H and O–H groups in total. The lowest BCUT2D eigenvalue weighted by atomic mass is 10.2. The summed E-state index contributed by atoms with van der Waals surface area (Å²) in [5, 5.41) is 6.28. The number of benzene rings is 4. The summed E-state index contributed by atoms with van der Waals surface area (Å²) < 4.78 is 17.4. The van der Waals surface area contributed by atoms with Gasteiger partial charge in [-0.2, -0.15) is 0 Å². The van der Waals surface area contributed by atoms with Crippen LogP contribution in [0.2, 0.25) is 0 Å². The van der Waals surface area contributed by atoms with Crippen molar-refractivity contribution >= 4 is 17.3 Å². The molecule has 4 aromatic carbocycles. The van der Waals surface area contributed by atoms with Crippen molar-refractivity contribution in [1.82, 2.24) is 0 Å². The van der Waals surface area contributed by atoms with Gasteiger partial charge in [-0.25, -0.2) is 0 Å². The van der Waals surface area contributed by atoms with E-state index < -0.39 is 0 Å². The highest BCUT2D eigenvalue weighted by atomic mass is 16.5. The van der Waals surface area contributed by atoms with Gasteiger partial charge in [0.1, 0.15) is 11.5 Å². The third-order valence-electron chi connectivity index (χ3n) is 5.42. The summed E-state index contributed by atoms with van der Waals surface area (Å²) in [7, 11) is 0. The van der Waals surface area contributed by atoms with Crippen molar-refractivity contribution in [2.75, 3.05) is 23.8 Å². The van der Waals surface area contributed by atoms with Crippen molar-refractivity contribution in [2.45, 2.75) is 20.4 Å². The first-order chi connectivity index (χ1) is 17.6. The Morgan fingerprint density at radius 2 is 1.50 bits per heavy atom. The van der Waals surface area contributed by atoms with E-state index in [0.717, 1.165) is 34.0 Å². The van der Waals surface area contributed by atoms with Crippen LogP contribution in [0.5, 0.6) is 23.0 Å². The van der Waals surface area contributed by atoms with E-state index in [1.54, 1.807) is 0 Å². The zero-order valence-corrected chi connectivity index (χ0v) is 20.5. The molecule has 0 saturated heterocycles. The van der Waals surface area contributed by atoms with E-state index >= 15 is 0 Å². The van der Waals surface area contributed by atoms with E-state index in [9.17, 15) is 4.79 Å². The maximum absolute atomic E-state index is 12.4. The molecule has 0 spiro atoms. The summed E-state index contributed by atoms with van der Waals surface area (Å²) >= 11 is 0. The number of ether oxygens (including phenoxy) is 3. The van der Waals surface area contributed by atoms with Gasteiger partial charge in [-0.15, -0.1) is 0 Å². The maximum atomic E-state index is 12.4. The van der Waals surface area contributed by atoms with Crippen LogP contribution in [0.1, 0.15) is 18.1 Å². The molecule has 0 bridgehead atoms. The van der Waals surface area contributed by atoms with Gasteiger partial charge in [-0.05, 0) is 79.6 Å². The molecule has 0 aliphatic heterocycles. The lowest BCUT2D eigenvalue weighted by Gasteiger charge is -2.15. The van der Waals surface area contributed by atoms with Crippen LogP contribution >= 0.6 is 0 Å². The first kappa shape index (κ1) is 24.7. The van der Waals surface area contributed by atoms with Crippen LogP contribution in [0.4, 0.5) is 11.4 Å². The molecule has 184 valence electrons. The number of hydrogen-bond acceptors (Lipinski definition) is 5. The molecule has 0 aromatic heterocycles. The molecule has 4 aromatic rings. The average Bonchev–Trinajstić information content (AvgIpc) is 2.90. The second-order valence-corrected chi connectivity index (χ2v) is 8.16. The van der Waals surface area contributed by atoms with E-state index in [2.05, 4.69) is 10.6 Å². The molecule has 0 atom stereocenters. The van der Waals surface area contributed by atoms with Crippen molar-refractivity contribution in [1.29, 1.82) is 0 Å². The molecule has 6 nitrogen and oxygen atoms in total. The fourth-order valence-corrected chi connectivity index (χ4v) is 3.56. The number of para-hydroxylation sites is 2. The van der Waals surface area contributed by atoms with E-state index in [4.69, 9.17) is 14.2 Å². The van der Waals surface area contributed by atoms with Gasteiger partial charge in [0.15, 0.2) is 18.1 Å². The normalized spacial score (nSPS) is 10.4. The number of aryl methyl sites for hydroxylation is 1. The molecule has 0 radical (unpaired) electrons. The van der Waals surface area contributed by atoms with Gasteiger partial charge < -0.3 is 24.8 Å². The minimum atomic E-state index is -0.225. The Morgan fingerprint density at radius 1 is 0.778 bits per heavy atom. The number of anilines is 2. The number of nitrogens with one attached hydrogen (secondary N) is 2. The van der Waals surface area contributed by atoms with Crippen molar-refractivity contribution in [3.8, 4) is 23.0 Å². The Labute approximate surface area is 211 Å². The molecule has 4 rings (SSSR count). The van der Waals surface area contributed by atoms with Crippen LogP contribution in [0.3, 0.4) is 0 Å². The van der Waals surface area contributed by atoms with Crippen LogP contribution in [-0.2, 0) is 11.3 Å². The predicted molar refractivity (Wildman–Crippen MR) is 143 cm³/mol. The first-order valence-corrected chi connectivity index (χ1v) is 11.9. The lowest BCUT2D eigenvalue weighted by molar-refractivity contribution is -0.118. The third-order valence-corrected chi connectivity index (χ3v) is 5.42. The minimum Gasteiger partial charge on any atom is -0.490 e. The smallest absolute Gasteiger partial charge is 0.262 e. The largest absolute Gasteiger partial charge is 0.490 e. The van der Waals surface area contributed by atoms with Crippen LogP contribution in [0.25, 0.3) is 0 Å². The zero-order chi connectivity index (χ0) is 25.2. The second-order valence-electron chi connectivity index (χ2n) is 8.16.